The largest absolute Gasteiger partial charge is 0.456 e. The van der Waals surface area contributed by atoms with Gasteiger partial charge in [-0.05, 0) is 55.8 Å². The van der Waals surface area contributed by atoms with E-state index in [4.69, 9.17) is 4.42 Å². The van der Waals surface area contributed by atoms with Gasteiger partial charge in [-0.3, -0.25) is 9.59 Å². The van der Waals surface area contributed by atoms with Crippen LogP contribution in [-0.2, 0) is 0 Å². The van der Waals surface area contributed by atoms with Crippen molar-refractivity contribution in [2.45, 2.75) is 19.9 Å². The Hall–Kier alpha value is -3.34. The van der Waals surface area contributed by atoms with Crippen molar-refractivity contribution in [1.29, 1.82) is 0 Å². The molecular formula is C22H22N2O3. The summed E-state index contributed by atoms with van der Waals surface area (Å²) in [4.78, 5) is 26.5. The average molecular weight is 362 g/mol. The first-order valence-electron chi connectivity index (χ1n) is 8.75. The van der Waals surface area contributed by atoms with E-state index in [2.05, 4.69) is 5.32 Å². The molecule has 1 aromatic heterocycles. The zero-order valence-corrected chi connectivity index (χ0v) is 15.6. The second-order valence-electron chi connectivity index (χ2n) is 6.45. The van der Waals surface area contributed by atoms with E-state index < -0.39 is 0 Å². The van der Waals surface area contributed by atoms with E-state index in [0.717, 1.165) is 5.56 Å². The molecule has 0 aliphatic heterocycles. The normalized spacial score (nSPS) is 11.7. The summed E-state index contributed by atoms with van der Waals surface area (Å²) < 4.78 is 5.43. The van der Waals surface area contributed by atoms with Gasteiger partial charge in [0.1, 0.15) is 5.76 Å². The Balaban J connectivity index is 1.74. The van der Waals surface area contributed by atoms with Crippen LogP contribution in [0.4, 0.5) is 5.69 Å². The summed E-state index contributed by atoms with van der Waals surface area (Å²) >= 11 is 0. The molecule has 2 amide bonds. The van der Waals surface area contributed by atoms with Crippen LogP contribution in [0.5, 0.6) is 0 Å². The topological polar surface area (TPSA) is 62.6 Å². The number of amides is 2. The van der Waals surface area contributed by atoms with E-state index in [1.54, 1.807) is 43.1 Å². The lowest BCUT2D eigenvalue weighted by atomic mass is 10.1. The number of hydrogen-bond donors (Lipinski definition) is 1. The minimum Gasteiger partial charge on any atom is -0.456 e. The molecule has 0 aliphatic rings. The van der Waals surface area contributed by atoms with E-state index in [1.807, 2.05) is 49.4 Å². The number of anilines is 1. The number of carbonyl (C=O) groups excluding carboxylic acids is 2. The Morgan fingerprint density at radius 2 is 1.74 bits per heavy atom. The van der Waals surface area contributed by atoms with Crippen LogP contribution in [-0.4, -0.2) is 23.8 Å². The third kappa shape index (κ3) is 4.26. The molecule has 1 heterocycles. The van der Waals surface area contributed by atoms with Crippen molar-refractivity contribution in [3.05, 3.63) is 89.4 Å². The Morgan fingerprint density at radius 3 is 2.41 bits per heavy atom. The zero-order chi connectivity index (χ0) is 19.4. The van der Waals surface area contributed by atoms with Crippen molar-refractivity contribution in [3.8, 4) is 0 Å². The lowest BCUT2D eigenvalue weighted by Gasteiger charge is -2.25. The van der Waals surface area contributed by atoms with Crippen molar-refractivity contribution in [3.63, 3.8) is 0 Å². The van der Waals surface area contributed by atoms with Gasteiger partial charge in [0.15, 0.2) is 5.76 Å². The number of hydrogen-bond acceptors (Lipinski definition) is 3. The number of rotatable bonds is 5. The zero-order valence-electron chi connectivity index (χ0n) is 15.6. The molecule has 5 nitrogen and oxygen atoms in total. The van der Waals surface area contributed by atoms with Crippen molar-refractivity contribution in [1.82, 2.24) is 4.90 Å². The Morgan fingerprint density at radius 1 is 1.00 bits per heavy atom. The van der Waals surface area contributed by atoms with E-state index in [1.165, 1.54) is 0 Å². The molecular weight excluding hydrogens is 340 g/mol. The maximum Gasteiger partial charge on any atom is 0.289 e. The molecule has 2 aromatic carbocycles. The standard InChI is InChI=1S/C22H22N2O3/c1-15-12-13-20(27-15)22(26)24(3)16(2)18-10-7-11-19(14-18)23-21(25)17-8-5-4-6-9-17/h4-14,16H,1-3H3,(H,23,25)/t16-/m0/s1. The first-order valence-corrected chi connectivity index (χ1v) is 8.75. The van der Waals surface area contributed by atoms with Crippen LogP contribution in [0.15, 0.2) is 71.1 Å². The fourth-order valence-electron chi connectivity index (χ4n) is 2.79. The van der Waals surface area contributed by atoms with Gasteiger partial charge in [0.25, 0.3) is 11.8 Å². The Bertz CT molecular complexity index is 947. The molecule has 0 bridgehead atoms. The fraction of sp³-hybridized carbons (Fsp3) is 0.182. The summed E-state index contributed by atoms with van der Waals surface area (Å²) in [5.74, 6) is 0.658. The van der Waals surface area contributed by atoms with Crippen LogP contribution >= 0.6 is 0 Å². The van der Waals surface area contributed by atoms with E-state index in [9.17, 15) is 9.59 Å². The highest BCUT2D eigenvalue weighted by Gasteiger charge is 2.21. The van der Waals surface area contributed by atoms with Gasteiger partial charge < -0.3 is 14.6 Å². The molecule has 0 unspecified atom stereocenters. The SMILES string of the molecule is Cc1ccc(C(=O)N(C)[C@@H](C)c2cccc(NC(=O)c3ccccc3)c2)o1. The lowest BCUT2D eigenvalue weighted by molar-refractivity contribution is 0.0709. The maximum absolute atomic E-state index is 12.6. The van der Waals surface area contributed by atoms with Crippen molar-refractivity contribution >= 4 is 17.5 Å². The third-order valence-electron chi connectivity index (χ3n) is 4.52. The third-order valence-corrected chi connectivity index (χ3v) is 4.52. The quantitative estimate of drug-likeness (QED) is 0.717. The molecule has 0 saturated heterocycles. The fourth-order valence-corrected chi connectivity index (χ4v) is 2.79. The highest BCUT2D eigenvalue weighted by Crippen LogP contribution is 2.24. The highest BCUT2D eigenvalue weighted by molar-refractivity contribution is 6.04. The number of furan rings is 1. The second-order valence-corrected chi connectivity index (χ2v) is 6.45. The molecule has 0 spiro atoms. The Labute approximate surface area is 158 Å². The van der Waals surface area contributed by atoms with Gasteiger partial charge in [-0.15, -0.1) is 0 Å². The van der Waals surface area contributed by atoms with E-state index in [0.29, 0.717) is 22.8 Å². The molecule has 1 atom stereocenters. The first-order chi connectivity index (χ1) is 13.0. The van der Waals surface area contributed by atoms with Gasteiger partial charge in [0.05, 0.1) is 6.04 Å². The predicted octanol–water partition coefficient (Wildman–Crippen LogP) is 4.67. The number of nitrogens with one attached hydrogen (secondary N) is 1. The lowest BCUT2D eigenvalue weighted by Crippen LogP contribution is -2.29. The van der Waals surface area contributed by atoms with E-state index >= 15 is 0 Å². The maximum atomic E-state index is 12.6. The van der Waals surface area contributed by atoms with Crippen molar-refractivity contribution in [2.24, 2.45) is 0 Å². The molecule has 5 heteroatoms. The van der Waals surface area contributed by atoms with Crippen LogP contribution in [0.3, 0.4) is 0 Å². The smallest absolute Gasteiger partial charge is 0.289 e. The summed E-state index contributed by atoms with van der Waals surface area (Å²) in [6.45, 7) is 3.74. The second kappa shape index (κ2) is 7.91. The average Bonchev–Trinajstić information content (AvgIpc) is 3.13. The summed E-state index contributed by atoms with van der Waals surface area (Å²) in [5.41, 5.74) is 2.19. The van der Waals surface area contributed by atoms with Crippen molar-refractivity contribution < 1.29 is 14.0 Å². The molecule has 1 N–H and O–H groups in total. The molecule has 0 saturated carbocycles. The van der Waals surface area contributed by atoms with Crippen molar-refractivity contribution in [2.75, 3.05) is 12.4 Å². The van der Waals surface area contributed by atoms with Gasteiger partial charge in [-0.25, -0.2) is 0 Å². The summed E-state index contributed by atoms with van der Waals surface area (Å²) in [7, 11) is 1.74. The monoisotopic (exact) mass is 362 g/mol. The number of benzene rings is 2. The van der Waals surface area contributed by atoms with Gasteiger partial charge in [-0.2, -0.15) is 0 Å². The van der Waals surface area contributed by atoms with Crippen LogP contribution in [0.1, 0.15) is 45.2 Å². The number of aryl methyl sites for hydroxylation is 1. The summed E-state index contributed by atoms with van der Waals surface area (Å²) in [5, 5.41) is 2.90. The summed E-state index contributed by atoms with van der Waals surface area (Å²) in [6, 6.07) is 19.8. The molecule has 0 aliphatic carbocycles. The molecule has 3 rings (SSSR count). The highest BCUT2D eigenvalue weighted by atomic mass is 16.3. The molecule has 138 valence electrons. The Kier molecular flexibility index (Phi) is 5.41. The van der Waals surface area contributed by atoms with Crippen LogP contribution in [0.25, 0.3) is 0 Å². The van der Waals surface area contributed by atoms with Gasteiger partial charge in [0.2, 0.25) is 0 Å². The molecule has 0 fully saturated rings. The molecule has 3 aromatic rings. The molecule has 27 heavy (non-hydrogen) atoms. The van der Waals surface area contributed by atoms with E-state index in [-0.39, 0.29) is 17.9 Å². The number of carbonyl (C=O) groups is 2. The van der Waals surface area contributed by atoms with Crippen LogP contribution in [0, 0.1) is 6.92 Å². The predicted molar refractivity (Wildman–Crippen MR) is 105 cm³/mol. The van der Waals surface area contributed by atoms with Crippen LogP contribution < -0.4 is 5.32 Å². The summed E-state index contributed by atoms with van der Waals surface area (Å²) in [6.07, 6.45) is 0. The van der Waals surface area contributed by atoms with Gasteiger partial charge in [0, 0.05) is 18.3 Å². The number of nitrogens with zero attached hydrogens (tertiary/aromatic N) is 1. The molecule has 0 radical (unpaired) electrons. The van der Waals surface area contributed by atoms with Gasteiger partial charge in [-0.1, -0.05) is 30.3 Å². The van der Waals surface area contributed by atoms with Gasteiger partial charge >= 0.3 is 0 Å². The van der Waals surface area contributed by atoms with Crippen LogP contribution in [0.2, 0.25) is 0 Å². The first kappa shape index (κ1) is 18.5. The minimum absolute atomic E-state index is 0.170. The minimum atomic E-state index is -0.186.